The van der Waals surface area contributed by atoms with Gasteiger partial charge in [-0.1, -0.05) is 27.7 Å². The van der Waals surface area contributed by atoms with Gasteiger partial charge in [0, 0.05) is 60.5 Å². The molecule has 7 aromatic rings. The van der Waals surface area contributed by atoms with Gasteiger partial charge < -0.3 is 0 Å². The SMILES string of the molecule is CCc1c(CC)c2sc3ccc4sc5c(CC)c(CC)c6sccc6c5c4c3c2c2ccsc12. The Labute approximate surface area is 215 Å². The molecule has 3 aromatic carbocycles. The molecule has 0 N–H and O–H groups in total. The average molecular weight is 515 g/mol. The summed E-state index contributed by atoms with van der Waals surface area (Å²) in [7, 11) is 0. The third-order valence-corrected chi connectivity index (χ3v) is 12.0. The van der Waals surface area contributed by atoms with E-state index >= 15 is 0 Å². The first kappa shape index (κ1) is 21.3. The lowest BCUT2D eigenvalue weighted by atomic mass is 9.93. The molecule has 4 heterocycles. The minimum absolute atomic E-state index is 1.10. The molecule has 0 spiro atoms. The first-order valence-electron chi connectivity index (χ1n) is 12.3. The summed E-state index contributed by atoms with van der Waals surface area (Å²) in [6, 6.07) is 9.57. The summed E-state index contributed by atoms with van der Waals surface area (Å²) in [5, 5.41) is 13.6. The van der Waals surface area contributed by atoms with Crippen LogP contribution in [0.25, 0.3) is 60.5 Å². The van der Waals surface area contributed by atoms with E-state index in [9.17, 15) is 0 Å². The van der Waals surface area contributed by atoms with Gasteiger partial charge in [-0.25, -0.2) is 0 Å². The molecule has 0 nitrogen and oxygen atoms in total. The minimum Gasteiger partial charge on any atom is -0.143 e. The van der Waals surface area contributed by atoms with Gasteiger partial charge in [-0.05, 0) is 83.0 Å². The van der Waals surface area contributed by atoms with Crippen molar-refractivity contribution in [3.63, 3.8) is 0 Å². The molecule has 0 fully saturated rings. The second-order valence-electron chi connectivity index (χ2n) is 9.08. The molecule has 4 aromatic heterocycles. The maximum absolute atomic E-state index is 2.40. The predicted molar refractivity (Wildman–Crippen MR) is 160 cm³/mol. The smallest absolute Gasteiger partial charge is 0.0397 e. The Bertz CT molecular complexity index is 1760. The third kappa shape index (κ3) is 2.58. The molecule has 170 valence electrons. The predicted octanol–water partition coefficient (Wildman–Crippen LogP) is 11.1. The summed E-state index contributed by atoms with van der Waals surface area (Å²) >= 11 is 7.91. The summed E-state index contributed by atoms with van der Waals surface area (Å²) < 4.78 is 8.94. The van der Waals surface area contributed by atoms with Gasteiger partial charge >= 0.3 is 0 Å². The minimum atomic E-state index is 1.10. The van der Waals surface area contributed by atoms with Crippen molar-refractivity contribution in [3.05, 3.63) is 57.3 Å². The van der Waals surface area contributed by atoms with Crippen molar-refractivity contribution in [2.45, 2.75) is 53.4 Å². The maximum atomic E-state index is 2.40. The van der Waals surface area contributed by atoms with E-state index in [1.54, 1.807) is 22.3 Å². The van der Waals surface area contributed by atoms with E-state index in [1.165, 1.54) is 60.5 Å². The topological polar surface area (TPSA) is 0 Å². The molecule has 7 rings (SSSR count). The summed E-state index contributed by atoms with van der Waals surface area (Å²) in [6.07, 6.45) is 4.41. The zero-order valence-corrected chi connectivity index (χ0v) is 23.2. The number of hydrogen-bond donors (Lipinski definition) is 0. The van der Waals surface area contributed by atoms with E-state index in [1.807, 2.05) is 45.3 Å². The molecule has 4 heteroatoms. The second-order valence-corrected chi connectivity index (χ2v) is 13.0. The van der Waals surface area contributed by atoms with Gasteiger partial charge in [-0.2, -0.15) is 0 Å². The van der Waals surface area contributed by atoms with Crippen LogP contribution in [-0.4, -0.2) is 0 Å². The molecule has 0 aliphatic heterocycles. The Morgan fingerprint density at radius 3 is 1.24 bits per heavy atom. The van der Waals surface area contributed by atoms with Crippen LogP contribution in [0.1, 0.15) is 49.9 Å². The first-order chi connectivity index (χ1) is 16.7. The standard InChI is InChI=1S/C30H26S4/c1-5-15-17(7-3)29-23(19-11-13-31-27(15)19)25-21(33-29)9-10-22-26(25)24-20-12-14-32-28(20)16(6-2)18(8-4)30(24)34-22/h9-14H,5-8H2,1-4H3. The van der Waals surface area contributed by atoms with E-state index in [0.717, 1.165) is 25.7 Å². The highest BCUT2D eigenvalue weighted by Gasteiger charge is 2.23. The summed E-state index contributed by atoms with van der Waals surface area (Å²) in [6.45, 7) is 9.31. The second kappa shape index (κ2) is 7.76. The van der Waals surface area contributed by atoms with Crippen molar-refractivity contribution in [1.29, 1.82) is 0 Å². The zero-order chi connectivity index (χ0) is 23.1. The highest BCUT2D eigenvalue weighted by atomic mass is 32.1. The monoisotopic (exact) mass is 514 g/mol. The molecule has 0 bridgehead atoms. The van der Waals surface area contributed by atoms with Gasteiger partial charge in [0.2, 0.25) is 0 Å². The largest absolute Gasteiger partial charge is 0.143 e. The lowest BCUT2D eigenvalue weighted by Crippen LogP contribution is -1.92. The van der Waals surface area contributed by atoms with E-state index < -0.39 is 0 Å². The normalized spacial score (nSPS) is 12.6. The Hall–Kier alpha value is -1.98. The van der Waals surface area contributed by atoms with Crippen LogP contribution in [0.4, 0.5) is 0 Å². The lowest BCUT2D eigenvalue weighted by molar-refractivity contribution is 1.07. The van der Waals surface area contributed by atoms with Crippen LogP contribution in [0.2, 0.25) is 0 Å². The number of benzene rings is 3. The molecule has 0 saturated heterocycles. The molecule has 0 atom stereocenters. The molecule has 0 radical (unpaired) electrons. The van der Waals surface area contributed by atoms with Gasteiger partial charge in [-0.15, -0.1) is 45.3 Å². The van der Waals surface area contributed by atoms with Gasteiger partial charge in [-0.3, -0.25) is 0 Å². The van der Waals surface area contributed by atoms with Gasteiger partial charge in [0.05, 0.1) is 0 Å². The quantitative estimate of drug-likeness (QED) is 0.219. The van der Waals surface area contributed by atoms with Crippen molar-refractivity contribution in [2.24, 2.45) is 0 Å². The van der Waals surface area contributed by atoms with Crippen molar-refractivity contribution in [3.8, 4) is 0 Å². The Balaban J connectivity index is 1.82. The molecule has 0 amide bonds. The number of thiophene rings is 4. The number of aryl methyl sites for hydroxylation is 4. The highest BCUT2D eigenvalue weighted by Crippen LogP contribution is 2.52. The fraction of sp³-hybridized carbons (Fsp3) is 0.267. The Morgan fingerprint density at radius 1 is 0.471 bits per heavy atom. The van der Waals surface area contributed by atoms with Gasteiger partial charge in [0.25, 0.3) is 0 Å². The van der Waals surface area contributed by atoms with Crippen LogP contribution in [0.3, 0.4) is 0 Å². The fourth-order valence-electron chi connectivity index (χ4n) is 6.24. The number of hydrogen-bond acceptors (Lipinski definition) is 4. The van der Waals surface area contributed by atoms with Crippen molar-refractivity contribution in [2.75, 3.05) is 0 Å². The van der Waals surface area contributed by atoms with Crippen LogP contribution in [0, 0.1) is 0 Å². The van der Waals surface area contributed by atoms with E-state index in [4.69, 9.17) is 0 Å². The highest BCUT2D eigenvalue weighted by molar-refractivity contribution is 7.29. The summed E-state index contributed by atoms with van der Waals surface area (Å²) in [5.41, 5.74) is 6.28. The van der Waals surface area contributed by atoms with Crippen molar-refractivity contribution in [1.82, 2.24) is 0 Å². The van der Waals surface area contributed by atoms with Gasteiger partial charge in [0.15, 0.2) is 0 Å². The van der Waals surface area contributed by atoms with Crippen LogP contribution < -0.4 is 0 Å². The van der Waals surface area contributed by atoms with Crippen molar-refractivity contribution < 1.29 is 0 Å². The molecule has 0 saturated carbocycles. The number of fused-ring (bicyclic) bond motifs is 11. The van der Waals surface area contributed by atoms with Crippen molar-refractivity contribution >= 4 is 106 Å². The molecule has 0 aliphatic rings. The molecular weight excluding hydrogens is 489 g/mol. The van der Waals surface area contributed by atoms with Crippen LogP contribution in [0.15, 0.2) is 35.0 Å². The van der Waals surface area contributed by atoms with Crippen LogP contribution in [0.5, 0.6) is 0 Å². The zero-order valence-electron chi connectivity index (χ0n) is 19.9. The van der Waals surface area contributed by atoms with E-state index in [0.29, 0.717) is 0 Å². The molecule has 0 unspecified atom stereocenters. The molecular formula is C30H26S4. The van der Waals surface area contributed by atoms with Gasteiger partial charge in [0.1, 0.15) is 0 Å². The lowest BCUT2D eigenvalue weighted by Gasteiger charge is -2.11. The third-order valence-electron chi connectivity index (χ3n) is 7.62. The fourth-order valence-corrected chi connectivity index (χ4v) is 11.1. The molecule has 34 heavy (non-hydrogen) atoms. The van der Waals surface area contributed by atoms with Crippen LogP contribution >= 0.6 is 45.3 Å². The first-order valence-corrected chi connectivity index (χ1v) is 15.7. The van der Waals surface area contributed by atoms with E-state index in [2.05, 4.69) is 62.7 Å². The number of rotatable bonds is 4. The Morgan fingerprint density at radius 2 is 0.853 bits per heavy atom. The summed E-state index contributed by atoms with van der Waals surface area (Å²) in [5.74, 6) is 0. The maximum Gasteiger partial charge on any atom is 0.0397 e. The Kier molecular flexibility index (Phi) is 4.86. The van der Waals surface area contributed by atoms with E-state index in [-0.39, 0.29) is 0 Å². The molecule has 0 aliphatic carbocycles. The van der Waals surface area contributed by atoms with Crippen LogP contribution in [-0.2, 0) is 25.7 Å². The summed E-state index contributed by atoms with van der Waals surface area (Å²) in [4.78, 5) is 0. The average Bonchev–Trinajstić information content (AvgIpc) is 3.63.